The van der Waals surface area contributed by atoms with Gasteiger partial charge in [0, 0.05) is 12.6 Å². The fourth-order valence-electron chi connectivity index (χ4n) is 1.83. The van der Waals surface area contributed by atoms with Gasteiger partial charge in [-0.3, -0.25) is 14.9 Å². The molecule has 0 aliphatic rings. The summed E-state index contributed by atoms with van der Waals surface area (Å²) in [5, 5.41) is 13.1. The van der Waals surface area contributed by atoms with E-state index in [0.717, 1.165) is 11.3 Å². The number of amides is 1. The monoisotopic (exact) mass is 358 g/mol. The van der Waals surface area contributed by atoms with Gasteiger partial charge in [-0.15, -0.1) is 0 Å². The first-order valence-corrected chi connectivity index (χ1v) is 7.36. The van der Waals surface area contributed by atoms with Gasteiger partial charge in [0.1, 0.15) is 0 Å². The molecule has 0 atom stereocenters. The van der Waals surface area contributed by atoms with Crippen molar-refractivity contribution < 1.29 is 28.0 Å². The fourth-order valence-corrected chi connectivity index (χ4v) is 2.57. The molecule has 0 saturated heterocycles. The Morgan fingerprint density at radius 1 is 1.33 bits per heavy atom. The van der Waals surface area contributed by atoms with E-state index in [1.165, 1.54) is 37.4 Å². The predicted octanol–water partition coefficient (Wildman–Crippen LogP) is 3.20. The number of hydrogen-bond acceptors (Lipinski definition) is 6. The van der Waals surface area contributed by atoms with Crippen molar-refractivity contribution >= 4 is 22.2 Å². The van der Waals surface area contributed by atoms with Crippen molar-refractivity contribution in [1.29, 1.82) is 0 Å². The topological polar surface area (TPSA) is 90.7 Å². The number of rotatable bonds is 7. The molecule has 1 N–H and O–H groups in total. The van der Waals surface area contributed by atoms with Gasteiger partial charge in [0.05, 0.1) is 16.9 Å². The van der Waals surface area contributed by atoms with Crippen molar-refractivity contribution in [3.63, 3.8) is 0 Å². The number of nitrogens with zero attached hydrogens (tertiary/aromatic N) is 1. The Bertz CT molecular complexity index is 751. The number of halogens is 2. The van der Waals surface area contributed by atoms with Crippen LogP contribution < -0.4 is 14.8 Å². The predicted molar refractivity (Wildman–Crippen MR) is 81.8 cm³/mol. The molecule has 24 heavy (non-hydrogen) atoms. The van der Waals surface area contributed by atoms with E-state index in [1.807, 2.05) is 0 Å². The van der Waals surface area contributed by atoms with Crippen molar-refractivity contribution in [2.24, 2.45) is 0 Å². The van der Waals surface area contributed by atoms with E-state index < -0.39 is 17.4 Å². The summed E-state index contributed by atoms with van der Waals surface area (Å²) in [6.07, 6.45) is 0. The lowest BCUT2D eigenvalue weighted by atomic mass is 10.2. The minimum Gasteiger partial charge on any atom is -0.493 e. The summed E-state index contributed by atoms with van der Waals surface area (Å²) < 4.78 is 33.8. The molecule has 1 amide bonds. The third-order valence-corrected chi connectivity index (χ3v) is 3.93. The van der Waals surface area contributed by atoms with Crippen molar-refractivity contribution in [2.45, 2.75) is 13.2 Å². The van der Waals surface area contributed by atoms with Crippen LogP contribution in [0.1, 0.15) is 15.2 Å². The number of ether oxygens (including phenoxy) is 2. The lowest BCUT2D eigenvalue weighted by Gasteiger charge is -2.11. The van der Waals surface area contributed by atoms with E-state index in [1.54, 1.807) is 0 Å². The van der Waals surface area contributed by atoms with Crippen LogP contribution >= 0.6 is 11.3 Å². The summed E-state index contributed by atoms with van der Waals surface area (Å²) >= 11 is 0.762. The average molecular weight is 358 g/mol. The SMILES string of the molecule is COc1cc(CNC(=O)c2ccc([N+](=O)[O-])s2)ccc1OC(F)F. The summed E-state index contributed by atoms with van der Waals surface area (Å²) in [5.41, 5.74) is 0.591. The van der Waals surface area contributed by atoms with Gasteiger partial charge in [-0.05, 0) is 23.8 Å². The van der Waals surface area contributed by atoms with E-state index in [2.05, 4.69) is 10.1 Å². The highest BCUT2D eigenvalue weighted by atomic mass is 32.1. The summed E-state index contributed by atoms with van der Waals surface area (Å²) in [6, 6.07) is 6.87. The molecule has 1 heterocycles. The van der Waals surface area contributed by atoms with Gasteiger partial charge in [0.15, 0.2) is 11.5 Å². The van der Waals surface area contributed by atoms with Gasteiger partial charge >= 0.3 is 11.6 Å². The first-order chi connectivity index (χ1) is 11.4. The first-order valence-electron chi connectivity index (χ1n) is 6.55. The summed E-state index contributed by atoms with van der Waals surface area (Å²) in [6.45, 7) is -2.88. The second kappa shape index (κ2) is 7.68. The number of thiophene rings is 1. The smallest absolute Gasteiger partial charge is 0.387 e. The highest BCUT2D eigenvalue weighted by Crippen LogP contribution is 2.29. The van der Waals surface area contributed by atoms with E-state index in [4.69, 9.17) is 4.74 Å². The van der Waals surface area contributed by atoms with Gasteiger partial charge in [0.2, 0.25) is 0 Å². The molecule has 2 rings (SSSR count). The number of nitrogens with one attached hydrogen (secondary N) is 1. The lowest BCUT2D eigenvalue weighted by molar-refractivity contribution is -0.380. The number of nitro groups is 1. The normalized spacial score (nSPS) is 10.5. The third-order valence-electron chi connectivity index (χ3n) is 2.89. The number of carbonyl (C=O) groups excluding carboxylic acids is 1. The molecule has 0 radical (unpaired) electrons. The van der Waals surface area contributed by atoms with E-state index >= 15 is 0 Å². The molecule has 10 heteroatoms. The van der Waals surface area contributed by atoms with Gasteiger partial charge in [-0.25, -0.2) is 0 Å². The molecule has 0 bridgehead atoms. The number of hydrogen-bond donors (Lipinski definition) is 1. The maximum absolute atomic E-state index is 12.3. The Morgan fingerprint density at radius 2 is 2.08 bits per heavy atom. The summed E-state index contributed by atoms with van der Waals surface area (Å²) in [5.74, 6) is -0.481. The molecule has 0 saturated carbocycles. The second-order valence-electron chi connectivity index (χ2n) is 4.44. The van der Waals surface area contributed by atoms with Gasteiger partial charge in [-0.2, -0.15) is 8.78 Å². The zero-order valence-electron chi connectivity index (χ0n) is 12.3. The number of carbonyl (C=O) groups is 1. The standard InChI is InChI=1S/C14H12F2N2O5S/c1-22-10-6-8(2-3-9(10)23-14(15)16)7-17-13(19)11-4-5-12(24-11)18(20)21/h2-6,14H,7H2,1H3,(H,17,19). The Balaban J connectivity index is 2.02. The molecule has 0 spiro atoms. The molecular weight excluding hydrogens is 346 g/mol. The van der Waals surface area contributed by atoms with Crippen LogP contribution in [-0.4, -0.2) is 24.6 Å². The van der Waals surface area contributed by atoms with Crippen LogP contribution in [0.4, 0.5) is 13.8 Å². The van der Waals surface area contributed by atoms with Crippen molar-refractivity contribution in [1.82, 2.24) is 5.32 Å². The Hall–Kier alpha value is -2.75. The van der Waals surface area contributed by atoms with Crippen LogP contribution in [0.15, 0.2) is 30.3 Å². The van der Waals surface area contributed by atoms with Crippen molar-refractivity contribution in [2.75, 3.05) is 7.11 Å². The Kier molecular flexibility index (Phi) is 5.64. The molecule has 1 aromatic carbocycles. The third kappa shape index (κ3) is 4.38. The molecule has 128 valence electrons. The zero-order chi connectivity index (χ0) is 17.7. The lowest BCUT2D eigenvalue weighted by Crippen LogP contribution is -2.21. The maximum Gasteiger partial charge on any atom is 0.387 e. The number of benzene rings is 1. The first kappa shape index (κ1) is 17.6. The minimum absolute atomic E-state index is 0.0931. The molecular formula is C14H12F2N2O5S. The Labute approximate surface area is 139 Å². The highest BCUT2D eigenvalue weighted by molar-refractivity contribution is 7.17. The zero-order valence-corrected chi connectivity index (χ0v) is 13.1. The highest BCUT2D eigenvalue weighted by Gasteiger charge is 2.15. The molecule has 0 unspecified atom stereocenters. The average Bonchev–Trinajstić information content (AvgIpc) is 3.03. The molecule has 0 aliphatic carbocycles. The number of methoxy groups -OCH3 is 1. The second-order valence-corrected chi connectivity index (χ2v) is 5.50. The summed E-state index contributed by atoms with van der Waals surface area (Å²) in [7, 11) is 1.31. The molecule has 7 nitrogen and oxygen atoms in total. The van der Waals surface area contributed by atoms with Gasteiger partial charge in [-0.1, -0.05) is 17.4 Å². The minimum atomic E-state index is -2.97. The summed E-state index contributed by atoms with van der Waals surface area (Å²) in [4.78, 5) is 22.2. The fraction of sp³-hybridized carbons (Fsp3) is 0.214. The van der Waals surface area contributed by atoms with E-state index in [9.17, 15) is 23.7 Å². The number of alkyl halides is 2. The maximum atomic E-state index is 12.3. The Morgan fingerprint density at radius 3 is 2.67 bits per heavy atom. The van der Waals surface area contributed by atoms with Crippen LogP contribution in [-0.2, 0) is 6.54 Å². The molecule has 0 fully saturated rings. The van der Waals surface area contributed by atoms with Gasteiger partial charge < -0.3 is 14.8 Å². The van der Waals surface area contributed by atoms with Crippen LogP contribution in [0.25, 0.3) is 0 Å². The van der Waals surface area contributed by atoms with Crippen molar-refractivity contribution in [3.05, 3.63) is 50.9 Å². The molecule has 2 aromatic rings. The quantitative estimate of drug-likeness (QED) is 0.606. The molecule has 0 aliphatic heterocycles. The van der Waals surface area contributed by atoms with Crippen LogP contribution in [0.3, 0.4) is 0 Å². The van der Waals surface area contributed by atoms with Crippen LogP contribution in [0.2, 0.25) is 0 Å². The largest absolute Gasteiger partial charge is 0.493 e. The van der Waals surface area contributed by atoms with Gasteiger partial charge in [0.25, 0.3) is 5.91 Å². The van der Waals surface area contributed by atoms with Crippen LogP contribution in [0, 0.1) is 10.1 Å². The van der Waals surface area contributed by atoms with E-state index in [0.29, 0.717) is 5.56 Å². The van der Waals surface area contributed by atoms with E-state index in [-0.39, 0.29) is 27.9 Å². The van der Waals surface area contributed by atoms with Crippen LogP contribution in [0.5, 0.6) is 11.5 Å². The molecule has 1 aromatic heterocycles. The van der Waals surface area contributed by atoms with Crippen molar-refractivity contribution in [3.8, 4) is 11.5 Å².